The zero-order valence-electron chi connectivity index (χ0n) is 7.30. The molecule has 0 radical (unpaired) electrons. The largest absolute Gasteiger partial charge is 0.241 e. The molecule has 0 aliphatic carbocycles. The van der Waals surface area contributed by atoms with Gasteiger partial charge in [0.15, 0.2) is 0 Å². The number of alkyl halides is 1. The molecule has 1 aromatic rings. The van der Waals surface area contributed by atoms with Crippen LogP contribution >= 0.6 is 22.9 Å². The van der Waals surface area contributed by atoms with Crippen molar-refractivity contribution in [1.82, 2.24) is 4.72 Å². The average Bonchev–Trinajstić information content (AvgIpc) is 2.47. The van der Waals surface area contributed by atoms with Gasteiger partial charge in [0.1, 0.15) is 0 Å². The molecule has 74 valence electrons. The van der Waals surface area contributed by atoms with Gasteiger partial charge in [-0.1, -0.05) is 0 Å². The van der Waals surface area contributed by atoms with Crippen molar-refractivity contribution >= 4 is 33.0 Å². The van der Waals surface area contributed by atoms with Crippen LogP contribution in [0.15, 0.2) is 10.3 Å². The minimum atomic E-state index is -3.35. The molecule has 0 unspecified atom stereocenters. The van der Waals surface area contributed by atoms with Gasteiger partial charge in [0, 0.05) is 4.88 Å². The molecule has 0 amide bonds. The van der Waals surface area contributed by atoms with Crippen molar-refractivity contribution in [2.45, 2.75) is 17.7 Å². The molecule has 1 rings (SSSR count). The second kappa shape index (κ2) is 3.96. The molecule has 0 spiro atoms. The van der Waals surface area contributed by atoms with Crippen LogP contribution in [-0.4, -0.2) is 15.5 Å². The Bertz CT molecular complexity index is 397. The number of rotatable bonds is 3. The third-order valence-corrected chi connectivity index (χ3v) is 4.95. The predicted molar refractivity (Wildman–Crippen MR) is 54.9 cm³/mol. The first-order chi connectivity index (χ1) is 6.03. The van der Waals surface area contributed by atoms with Gasteiger partial charge < -0.3 is 0 Å². The third kappa shape index (κ3) is 2.04. The number of sulfonamides is 1. The second-order valence-electron chi connectivity index (χ2n) is 2.51. The van der Waals surface area contributed by atoms with Crippen molar-refractivity contribution in [3.8, 4) is 0 Å². The Morgan fingerprint density at radius 1 is 1.62 bits per heavy atom. The maximum atomic E-state index is 11.5. The lowest BCUT2D eigenvalue weighted by atomic mass is 10.3. The highest BCUT2D eigenvalue weighted by molar-refractivity contribution is 7.89. The van der Waals surface area contributed by atoms with Crippen molar-refractivity contribution in [1.29, 1.82) is 0 Å². The molecule has 0 saturated heterocycles. The summed E-state index contributed by atoms with van der Waals surface area (Å²) in [6.45, 7) is 1.76. The molecule has 0 saturated carbocycles. The SMILES string of the molecule is CNS(=O)(=O)c1c(C)csc1CCl. The molecule has 6 heteroatoms. The molecule has 3 nitrogen and oxygen atoms in total. The summed E-state index contributed by atoms with van der Waals surface area (Å²) in [5.74, 6) is 0.231. The fourth-order valence-corrected chi connectivity index (χ4v) is 3.82. The lowest BCUT2D eigenvalue weighted by molar-refractivity contribution is 0.587. The van der Waals surface area contributed by atoms with Crippen molar-refractivity contribution in [3.05, 3.63) is 15.8 Å². The highest BCUT2D eigenvalue weighted by atomic mass is 35.5. The maximum Gasteiger partial charge on any atom is 0.241 e. The van der Waals surface area contributed by atoms with E-state index >= 15 is 0 Å². The summed E-state index contributed by atoms with van der Waals surface area (Å²) in [5, 5.41) is 1.79. The zero-order chi connectivity index (χ0) is 10.1. The van der Waals surface area contributed by atoms with Crippen LogP contribution in [0, 0.1) is 6.92 Å². The van der Waals surface area contributed by atoms with Gasteiger partial charge >= 0.3 is 0 Å². The maximum absolute atomic E-state index is 11.5. The Labute approximate surface area is 86.8 Å². The molecule has 0 aliphatic heterocycles. The summed E-state index contributed by atoms with van der Waals surface area (Å²) in [4.78, 5) is 1.02. The first-order valence-electron chi connectivity index (χ1n) is 3.59. The summed E-state index contributed by atoms with van der Waals surface area (Å²) in [5.41, 5.74) is 0.745. The van der Waals surface area contributed by atoms with E-state index in [-0.39, 0.29) is 5.88 Å². The van der Waals surface area contributed by atoms with Gasteiger partial charge in [0.25, 0.3) is 0 Å². The molecule has 0 aliphatic rings. The van der Waals surface area contributed by atoms with Gasteiger partial charge in [-0.15, -0.1) is 22.9 Å². The van der Waals surface area contributed by atoms with Crippen LogP contribution in [0.1, 0.15) is 10.4 Å². The van der Waals surface area contributed by atoms with Gasteiger partial charge in [-0.2, -0.15) is 0 Å². The number of thiophene rings is 1. The Morgan fingerprint density at radius 3 is 2.69 bits per heavy atom. The van der Waals surface area contributed by atoms with Crippen LogP contribution < -0.4 is 4.72 Å². The van der Waals surface area contributed by atoms with Gasteiger partial charge in [0.05, 0.1) is 10.8 Å². The van der Waals surface area contributed by atoms with Crippen LogP contribution in [0.2, 0.25) is 0 Å². The van der Waals surface area contributed by atoms with E-state index in [9.17, 15) is 8.42 Å². The molecule has 1 heterocycles. The monoisotopic (exact) mass is 239 g/mol. The standard InChI is InChI=1S/C7H10ClNO2S2/c1-5-4-12-6(3-8)7(5)13(10,11)9-2/h4,9H,3H2,1-2H3. The fourth-order valence-electron chi connectivity index (χ4n) is 1.04. The number of aryl methyl sites for hydroxylation is 1. The zero-order valence-corrected chi connectivity index (χ0v) is 9.68. The molecule has 0 fully saturated rings. The van der Waals surface area contributed by atoms with Crippen LogP contribution in [0.25, 0.3) is 0 Å². The summed E-state index contributed by atoms with van der Waals surface area (Å²) in [6.07, 6.45) is 0. The van der Waals surface area contributed by atoms with Gasteiger partial charge in [0.2, 0.25) is 10.0 Å². The van der Waals surface area contributed by atoms with E-state index in [1.807, 2.05) is 0 Å². The molecule has 1 aromatic heterocycles. The summed E-state index contributed by atoms with van der Waals surface area (Å²) >= 11 is 6.99. The number of hydrogen-bond acceptors (Lipinski definition) is 3. The van der Waals surface area contributed by atoms with Crippen LogP contribution in [0.3, 0.4) is 0 Å². The average molecular weight is 240 g/mol. The van der Waals surface area contributed by atoms with E-state index in [0.717, 1.165) is 5.56 Å². The van der Waals surface area contributed by atoms with Crippen molar-refractivity contribution in [2.24, 2.45) is 0 Å². The highest BCUT2D eigenvalue weighted by Crippen LogP contribution is 2.27. The number of hydrogen-bond donors (Lipinski definition) is 1. The smallest absolute Gasteiger partial charge is 0.214 e. The molecule has 13 heavy (non-hydrogen) atoms. The number of nitrogens with one attached hydrogen (secondary N) is 1. The molecule has 0 atom stereocenters. The van der Waals surface area contributed by atoms with Crippen LogP contribution in [-0.2, 0) is 15.9 Å². The minimum absolute atomic E-state index is 0.231. The molecule has 1 N–H and O–H groups in total. The quantitative estimate of drug-likeness (QED) is 0.817. The van der Waals surface area contributed by atoms with Gasteiger partial charge in [-0.3, -0.25) is 0 Å². The Hall–Kier alpha value is -0.100. The topological polar surface area (TPSA) is 46.2 Å². The lowest BCUT2D eigenvalue weighted by Crippen LogP contribution is -2.19. The fraction of sp³-hybridized carbons (Fsp3) is 0.429. The van der Waals surface area contributed by atoms with E-state index in [1.54, 1.807) is 12.3 Å². The van der Waals surface area contributed by atoms with E-state index in [0.29, 0.717) is 9.77 Å². The van der Waals surface area contributed by atoms with Crippen molar-refractivity contribution < 1.29 is 8.42 Å². The van der Waals surface area contributed by atoms with Crippen molar-refractivity contribution in [3.63, 3.8) is 0 Å². The normalized spacial score (nSPS) is 11.9. The summed E-state index contributed by atoms with van der Waals surface area (Å²) < 4.78 is 25.3. The second-order valence-corrected chi connectivity index (χ2v) is 5.57. The summed E-state index contributed by atoms with van der Waals surface area (Å²) in [7, 11) is -1.96. The third-order valence-electron chi connectivity index (χ3n) is 1.65. The van der Waals surface area contributed by atoms with Crippen molar-refractivity contribution in [2.75, 3.05) is 7.05 Å². The molecule has 0 bridgehead atoms. The highest BCUT2D eigenvalue weighted by Gasteiger charge is 2.20. The first kappa shape index (κ1) is 11.0. The Kier molecular flexibility index (Phi) is 3.34. The lowest BCUT2D eigenvalue weighted by Gasteiger charge is -2.03. The van der Waals surface area contributed by atoms with E-state index in [1.165, 1.54) is 18.4 Å². The van der Waals surface area contributed by atoms with E-state index in [4.69, 9.17) is 11.6 Å². The Balaban J connectivity index is 3.35. The molecular formula is C7H10ClNO2S2. The molecular weight excluding hydrogens is 230 g/mol. The van der Waals surface area contributed by atoms with E-state index < -0.39 is 10.0 Å². The number of halogens is 1. The molecule has 0 aromatic carbocycles. The Morgan fingerprint density at radius 2 is 2.23 bits per heavy atom. The van der Waals surface area contributed by atoms with E-state index in [2.05, 4.69) is 4.72 Å². The van der Waals surface area contributed by atoms with Crippen LogP contribution in [0.5, 0.6) is 0 Å². The van der Waals surface area contributed by atoms with Gasteiger partial charge in [-0.05, 0) is 24.9 Å². The summed E-state index contributed by atoms with van der Waals surface area (Å²) in [6, 6.07) is 0. The van der Waals surface area contributed by atoms with Gasteiger partial charge in [-0.25, -0.2) is 13.1 Å². The first-order valence-corrected chi connectivity index (χ1v) is 6.49. The predicted octanol–water partition coefficient (Wildman–Crippen LogP) is 1.70. The van der Waals surface area contributed by atoms with Crippen LogP contribution in [0.4, 0.5) is 0 Å². The minimum Gasteiger partial charge on any atom is -0.214 e.